The second kappa shape index (κ2) is 7.71. The number of para-hydroxylation sites is 1. The van der Waals surface area contributed by atoms with Crippen molar-refractivity contribution < 1.29 is 43.2 Å². The van der Waals surface area contributed by atoms with Crippen molar-refractivity contribution in [3.05, 3.63) is 60.3 Å². The number of imidazole rings is 1. The average Bonchev–Trinajstić information content (AvgIpc) is 3.31. The van der Waals surface area contributed by atoms with Crippen molar-refractivity contribution in [1.29, 1.82) is 0 Å². The number of benzene rings is 1. The zero-order valence-corrected chi connectivity index (χ0v) is 16.5. The van der Waals surface area contributed by atoms with Gasteiger partial charge in [-0.1, -0.05) is 24.3 Å². The second-order valence-corrected chi connectivity index (χ2v) is 7.68. The van der Waals surface area contributed by atoms with E-state index in [2.05, 4.69) is 26.0 Å². The number of rotatable bonds is 2. The molecule has 4 heterocycles. The SMILES string of the molecule is O=C(O)c1cc2c3cccc[n+]3c(N3CCCC3)n2c2ccccc12.[O-][Cl+3]([O-])([O-])[O-]. The molecule has 30 heavy (non-hydrogen) atoms. The molecule has 0 spiro atoms. The van der Waals surface area contributed by atoms with Gasteiger partial charge in [-0.3, -0.25) is 4.90 Å². The molecule has 0 saturated carbocycles. The van der Waals surface area contributed by atoms with Gasteiger partial charge in [0.05, 0.1) is 24.8 Å². The van der Waals surface area contributed by atoms with Crippen LogP contribution in [0.2, 0.25) is 0 Å². The second-order valence-electron chi connectivity index (χ2n) is 6.93. The van der Waals surface area contributed by atoms with Gasteiger partial charge in [0.25, 0.3) is 0 Å². The third-order valence-electron chi connectivity index (χ3n) is 5.11. The smallest absolute Gasteiger partial charge is 0.370 e. The Kier molecular flexibility index (Phi) is 5.22. The zero-order chi connectivity index (χ0) is 21.5. The van der Waals surface area contributed by atoms with Crippen LogP contribution in [0.5, 0.6) is 0 Å². The molecule has 1 saturated heterocycles. The van der Waals surface area contributed by atoms with Crippen LogP contribution in [0.4, 0.5) is 5.95 Å². The highest BCUT2D eigenvalue weighted by molar-refractivity contribution is 6.06. The molecule has 1 N–H and O–H groups in total. The molecule has 1 fully saturated rings. The Morgan fingerprint density at radius 2 is 1.60 bits per heavy atom. The van der Waals surface area contributed by atoms with Crippen LogP contribution < -0.4 is 27.9 Å². The third-order valence-corrected chi connectivity index (χ3v) is 5.11. The number of carboxylic acids is 1. The molecule has 1 aromatic carbocycles. The van der Waals surface area contributed by atoms with E-state index >= 15 is 0 Å². The maximum absolute atomic E-state index is 11.8. The summed E-state index contributed by atoms with van der Waals surface area (Å²) in [4.78, 5) is 14.2. The first kappa shape index (κ1) is 20.3. The van der Waals surface area contributed by atoms with Gasteiger partial charge in [0, 0.05) is 5.39 Å². The van der Waals surface area contributed by atoms with E-state index in [9.17, 15) is 9.90 Å². The average molecular weight is 432 g/mol. The van der Waals surface area contributed by atoms with Gasteiger partial charge in [-0.25, -0.2) is 27.8 Å². The lowest BCUT2D eigenvalue weighted by atomic mass is 10.1. The molecule has 0 atom stereocenters. The van der Waals surface area contributed by atoms with Crippen molar-refractivity contribution >= 4 is 33.9 Å². The Bertz CT molecular complexity index is 1240. The quantitative estimate of drug-likeness (QED) is 0.376. The lowest BCUT2D eigenvalue weighted by Crippen LogP contribution is -2.68. The van der Waals surface area contributed by atoms with E-state index in [0.29, 0.717) is 5.56 Å². The van der Waals surface area contributed by atoms with Crippen LogP contribution in [0, 0.1) is 10.2 Å². The molecule has 0 aliphatic carbocycles. The summed E-state index contributed by atoms with van der Waals surface area (Å²) in [5, 5.41) is 10.5. The fourth-order valence-corrected chi connectivity index (χ4v) is 4.03. The minimum Gasteiger partial charge on any atom is -0.478 e. The van der Waals surface area contributed by atoms with Gasteiger partial charge < -0.3 is 5.11 Å². The van der Waals surface area contributed by atoms with E-state index in [1.54, 1.807) is 6.07 Å². The number of anilines is 1. The van der Waals surface area contributed by atoms with E-state index < -0.39 is 16.2 Å². The summed E-state index contributed by atoms with van der Waals surface area (Å²) in [6.45, 7) is 2.05. The standard InChI is InChI=1S/C20H17N3O2.ClHO4/c24-19(25)15-13-18-17-9-3-4-12-22(17)20(21-10-5-6-11-21)23(18)16-8-2-1-7-14(15)16;2-1(3,4)5/h1-4,7-9,12-13H,5-6,10-11H2;(H,2,3,4,5). The number of hydrogen-bond acceptors (Lipinski definition) is 6. The zero-order valence-electron chi connectivity index (χ0n) is 15.7. The fraction of sp³-hybridized carbons (Fsp3) is 0.200. The number of aromatic nitrogens is 2. The van der Waals surface area contributed by atoms with Crippen LogP contribution >= 0.6 is 0 Å². The van der Waals surface area contributed by atoms with Crippen molar-refractivity contribution in [3.8, 4) is 0 Å². The maximum atomic E-state index is 11.8. The summed E-state index contributed by atoms with van der Waals surface area (Å²) >= 11 is 0. The summed E-state index contributed by atoms with van der Waals surface area (Å²) in [6.07, 6.45) is 4.44. The minimum absolute atomic E-state index is 0.347. The number of halogens is 1. The van der Waals surface area contributed by atoms with Gasteiger partial charge in [-0.2, -0.15) is 4.40 Å². The Hall–Kier alpha value is -2.95. The summed E-state index contributed by atoms with van der Waals surface area (Å²) in [7, 11) is -4.94. The monoisotopic (exact) mass is 431 g/mol. The number of hydrogen-bond donors (Lipinski definition) is 1. The summed E-state index contributed by atoms with van der Waals surface area (Å²) in [5.74, 6) is 0.216. The largest absolute Gasteiger partial charge is 0.478 e. The van der Waals surface area contributed by atoms with Gasteiger partial charge in [-0.15, -0.1) is 10.2 Å². The Balaban J connectivity index is 0.000000393. The molecule has 156 valence electrons. The molecule has 5 rings (SSSR count). The topological polar surface area (TPSA) is 141 Å². The molecule has 10 heteroatoms. The number of aromatic carboxylic acids is 1. The predicted octanol–water partition coefficient (Wildman–Crippen LogP) is -1.63. The first-order chi connectivity index (χ1) is 14.3. The molecule has 0 unspecified atom stereocenters. The lowest BCUT2D eigenvalue weighted by Gasteiger charge is -2.17. The Morgan fingerprint density at radius 3 is 2.27 bits per heavy atom. The third kappa shape index (κ3) is 3.76. The van der Waals surface area contributed by atoms with Crippen molar-refractivity contribution in [2.24, 2.45) is 0 Å². The highest BCUT2D eigenvalue weighted by Crippen LogP contribution is 2.29. The van der Waals surface area contributed by atoms with Gasteiger partial charge in [0.15, 0.2) is 0 Å². The highest BCUT2D eigenvalue weighted by atomic mass is 35.7. The molecule has 0 bridgehead atoms. The number of carbonyl (C=O) groups is 1. The minimum atomic E-state index is -4.94. The van der Waals surface area contributed by atoms with E-state index in [4.69, 9.17) is 18.6 Å². The number of nitrogens with zero attached hydrogens (tertiary/aromatic N) is 3. The molecule has 1 aliphatic heterocycles. The maximum Gasteiger partial charge on any atom is 0.370 e. The normalized spacial score (nSPS) is 14.3. The van der Waals surface area contributed by atoms with Crippen LogP contribution in [0.1, 0.15) is 23.2 Å². The van der Waals surface area contributed by atoms with Crippen molar-refractivity contribution in [1.82, 2.24) is 4.40 Å². The van der Waals surface area contributed by atoms with E-state index in [1.807, 2.05) is 36.4 Å². The molecular formula is C20H18ClN3O6. The predicted molar refractivity (Wildman–Crippen MR) is 96.5 cm³/mol. The highest BCUT2D eigenvalue weighted by Gasteiger charge is 2.30. The first-order valence-corrected chi connectivity index (χ1v) is 10.5. The van der Waals surface area contributed by atoms with Crippen molar-refractivity contribution in [2.75, 3.05) is 18.0 Å². The number of fused-ring (bicyclic) bond motifs is 5. The number of carboxylic acid groups (broad SMARTS) is 1. The Morgan fingerprint density at radius 1 is 0.967 bits per heavy atom. The molecular weight excluding hydrogens is 414 g/mol. The summed E-state index contributed by atoms with van der Waals surface area (Å²) < 4.78 is 38.4. The van der Waals surface area contributed by atoms with Gasteiger partial charge in [-0.05, 0) is 37.1 Å². The molecule has 9 nitrogen and oxygen atoms in total. The van der Waals surface area contributed by atoms with Gasteiger partial charge in [0.2, 0.25) is 0 Å². The van der Waals surface area contributed by atoms with E-state index in [1.165, 1.54) is 12.8 Å². The first-order valence-electron chi connectivity index (χ1n) is 9.22. The van der Waals surface area contributed by atoms with Crippen molar-refractivity contribution in [2.45, 2.75) is 12.8 Å². The van der Waals surface area contributed by atoms with Crippen LogP contribution in [0.3, 0.4) is 0 Å². The van der Waals surface area contributed by atoms with Crippen LogP contribution in [-0.4, -0.2) is 28.6 Å². The van der Waals surface area contributed by atoms with Crippen LogP contribution in [-0.2, 0) is 0 Å². The summed E-state index contributed by atoms with van der Waals surface area (Å²) in [6, 6.07) is 15.6. The molecule has 1 aliphatic rings. The Labute approximate surface area is 173 Å². The number of pyridine rings is 2. The van der Waals surface area contributed by atoms with Gasteiger partial charge in [0.1, 0.15) is 16.6 Å². The lowest BCUT2D eigenvalue weighted by molar-refractivity contribution is -2.00. The molecule has 3 aromatic heterocycles. The van der Waals surface area contributed by atoms with Gasteiger partial charge >= 0.3 is 11.9 Å². The molecule has 0 amide bonds. The molecule has 4 aromatic rings. The molecule has 0 radical (unpaired) electrons. The van der Waals surface area contributed by atoms with Crippen molar-refractivity contribution in [3.63, 3.8) is 0 Å². The van der Waals surface area contributed by atoms with E-state index in [-0.39, 0.29) is 0 Å². The fourth-order valence-electron chi connectivity index (χ4n) is 4.03. The van der Waals surface area contributed by atoms with E-state index in [0.717, 1.165) is 41.0 Å². The summed E-state index contributed by atoms with van der Waals surface area (Å²) in [5.41, 5.74) is 3.24. The van der Waals surface area contributed by atoms with Crippen LogP contribution in [0.15, 0.2) is 54.7 Å². The van der Waals surface area contributed by atoms with Crippen LogP contribution in [0.25, 0.3) is 21.9 Å².